The van der Waals surface area contributed by atoms with E-state index in [9.17, 15) is 13.6 Å². The van der Waals surface area contributed by atoms with E-state index in [0.717, 1.165) is 0 Å². The normalized spacial score (nSPS) is 10.3. The van der Waals surface area contributed by atoms with Gasteiger partial charge in [0, 0.05) is 5.02 Å². The fourth-order valence-electron chi connectivity index (χ4n) is 1.14. The predicted octanol–water partition coefficient (Wildman–Crippen LogP) is 4.27. The van der Waals surface area contributed by atoms with E-state index in [1.807, 2.05) is 0 Å². The quantitative estimate of drug-likeness (QED) is 0.887. The van der Waals surface area contributed by atoms with Crippen molar-refractivity contribution in [1.29, 1.82) is 0 Å². The number of hydrogen-bond donors (Lipinski definition) is 1. The Morgan fingerprint density at radius 3 is 2.78 bits per heavy atom. The van der Waals surface area contributed by atoms with E-state index in [1.165, 1.54) is 12.1 Å². The molecule has 0 aliphatic carbocycles. The smallest absolute Gasteiger partial charge is 0.411 e. The number of carbonyl (C=O) groups is 1. The maximum absolute atomic E-state index is 12.2. The number of rotatable bonds is 4. The molecule has 0 aromatic heterocycles. The number of carbonyl (C=O) groups excluding carboxylic acids is 1. The van der Waals surface area contributed by atoms with Crippen LogP contribution in [0.2, 0.25) is 5.02 Å². The number of nitrogens with one attached hydrogen (secondary N) is 1. The van der Waals surface area contributed by atoms with Gasteiger partial charge in [0.1, 0.15) is 0 Å². The highest BCUT2D eigenvalue weighted by Gasteiger charge is 2.17. The van der Waals surface area contributed by atoms with Gasteiger partial charge in [-0.1, -0.05) is 11.6 Å². The third kappa shape index (κ3) is 4.30. The Bertz CT molecular complexity index is 445. The van der Waals surface area contributed by atoms with Crippen molar-refractivity contribution in [2.45, 2.75) is 13.5 Å². The van der Waals surface area contributed by atoms with Crippen molar-refractivity contribution >= 4 is 39.3 Å². The van der Waals surface area contributed by atoms with Gasteiger partial charge in [0.15, 0.2) is 5.75 Å². The molecule has 1 rings (SSSR count). The first-order chi connectivity index (χ1) is 8.43. The molecule has 0 spiro atoms. The number of anilines is 1. The van der Waals surface area contributed by atoms with Gasteiger partial charge in [0.05, 0.1) is 16.8 Å². The molecule has 8 heteroatoms. The van der Waals surface area contributed by atoms with Crippen molar-refractivity contribution in [2.75, 3.05) is 11.9 Å². The number of ether oxygens (including phenoxy) is 2. The molecule has 0 heterocycles. The average molecular weight is 345 g/mol. The maximum Gasteiger partial charge on any atom is 0.411 e. The summed E-state index contributed by atoms with van der Waals surface area (Å²) >= 11 is 8.77. The van der Waals surface area contributed by atoms with Gasteiger partial charge in [-0.25, -0.2) is 4.79 Å². The fourth-order valence-corrected chi connectivity index (χ4v) is 2.04. The summed E-state index contributed by atoms with van der Waals surface area (Å²) in [5.41, 5.74) is -0.00637. The van der Waals surface area contributed by atoms with E-state index >= 15 is 0 Å². The molecule has 0 saturated heterocycles. The molecule has 1 aromatic rings. The number of amides is 1. The lowest BCUT2D eigenvalue weighted by atomic mass is 10.3. The first-order valence-electron chi connectivity index (χ1n) is 4.81. The van der Waals surface area contributed by atoms with Crippen LogP contribution in [0.1, 0.15) is 6.92 Å². The topological polar surface area (TPSA) is 47.6 Å². The van der Waals surface area contributed by atoms with E-state index in [1.54, 1.807) is 6.92 Å². The van der Waals surface area contributed by atoms with Crippen LogP contribution in [0.25, 0.3) is 0 Å². The number of alkyl halides is 2. The molecule has 1 amide bonds. The second kappa shape index (κ2) is 6.75. The van der Waals surface area contributed by atoms with Crippen LogP contribution in [0.5, 0.6) is 5.75 Å². The molecule has 0 atom stereocenters. The highest BCUT2D eigenvalue weighted by Crippen LogP contribution is 2.37. The minimum atomic E-state index is -3.02. The standard InChI is InChI=1S/C10H9BrClF2NO3/c1-2-17-10(16)15-7-4-5(12)3-6(11)8(7)18-9(13)14/h3-4,9H,2H2,1H3,(H,15,16). The molecule has 18 heavy (non-hydrogen) atoms. The first kappa shape index (κ1) is 15.0. The van der Waals surface area contributed by atoms with Crippen molar-refractivity contribution in [1.82, 2.24) is 0 Å². The molecule has 0 radical (unpaired) electrons. The Labute approximate surface area is 115 Å². The molecule has 100 valence electrons. The molecule has 0 aliphatic rings. The summed E-state index contributed by atoms with van der Waals surface area (Å²) in [5, 5.41) is 2.51. The van der Waals surface area contributed by atoms with Crippen molar-refractivity contribution in [3.63, 3.8) is 0 Å². The molecule has 4 nitrogen and oxygen atoms in total. The second-order valence-corrected chi connectivity index (χ2v) is 4.28. The van der Waals surface area contributed by atoms with Gasteiger partial charge in [-0.05, 0) is 35.0 Å². The molecule has 1 N–H and O–H groups in total. The number of halogens is 4. The lowest BCUT2D eigenvalue weighted by Crippen LogP contribution is -2.15. The Hall–Kier alpha value is -1.08. The Morgan fingerprint density at radius 2 is 2.22 bits per heavy atom. The zero-order valence-electron chi connectivity index (χ0n) is 9.18. The highest BCUT2D eigenvalue weighted by atomic mass is 79.9. The number of benzene rings is 1. The van der Waals surface area contributed by atoms with Crippen molar-refractivity contribution < 1.29 is 23.0 Å². The van der Waals surface area contributed by atoms with Crippen LogP contribution in [0, 0.1) is 0 Å². The molecule has 0 aliphatic heterocycles. The van der Waals surface area contributed by atoms with Gasteiger partial charge < -0.3 is 9.47 Å². The van der Waals surface area contributed by atoms with E-state index in [0.29, 0.717) is 0 Å². The van der Waals surface area contributed by atoms with Crippen LogP contribution in [0.15, 0.2) is 16.6 Å². The summed E-state index contributed by atoms with van der Waals surface area (Å²) in [4.78, 5) is 11.2. The lowest BCUT2D eigenvalue weighted by Gasteiger charge is -2.13. The van der Waals surface area contributed by atoms with E-state index in [2.05, 4.69) is 30.7 Å². The summed E-state index contributed by atoms with van der Waals surface area (Å²) in [5.74, 6) is -0.220. The van der Waals surface area contributed by atoms with Gasteiger partial charge in [-0.3, -0.25) is 5.32 Å². The van der Waals surface area contributed by atoms with Gasteiger partial charge in [0.2, 0.25) is 0 Å². The van der Waals surface area contributed by atoms with Crippen molar-refractivity contribution in [3.05, 3.63) is 21.6 Å². The molecule has 0 saturated carbocycles. The Balaban J connectivity index is 3.03. The number of hydrogen-bond acceptors (Lipinski definition) is 3. The van der Waals surface area contributed by atoms with Crippen LogP contribution < -0.4 is 10.1 Å². The highest BCUT2D eigenvalue weighted by molar-refractivity contribution is 9.10. The minimum Gasteiger partial charge on any atom is -0.450 e. The van der Waals surface area contributed by atoms with Crippen LogP contribution >= 0.6 is 27.5 Å². The van der Waals surface area contributed by atoms with Crippen molar-refractivity contribution in [3.8, 4) is 5.75 Å². The summed E-state index contributed by atoms with van der Waals surface area (Å²) in [6, 6.07) is 2.65. The van der Waals surface area contributed by atoms with E-state index in [4.69, 9.17) is 11.6 Å². The van der Waals surface area contributed by atoms with Crippen LogP contribution in [-0.2, 0) is 4.74 Å². The van der Waals surface area contributed by atoms with Gasteiger partial charge in [-0.2, -0.15) is 8.78 Å². The molecular weight excluding hydrogens is 335 g/mol. The molecule has 0 fully saturated rings. The van der Waals surface area contributed by atoms with Crippen LogP contribution in [0.4, 0.5) is 19.3 Å². The van der Waals surface area contributed by atoms with E-state index < -0.39 is 12.7 Å². The molecular formula is C10H9BrClF2NO3. The monoisotopic (exact) mass is 343 g/mol. The summed E-state index contributed by atoms with van der Waals surface area (Å²) < 4.78 is 33.6. The largest absolute Gasteiger partial charge is 0.450 e. The third-order valence-corrected chi connectivity index (χ3v) is 2.53. The fraction of sp³-hybridized carbons (Fsp3) is 0.300. The summed E-state index contributed by atoms with van der Waals surface area (Å²) in [6.07, 6.45) is -0.786. The van der Waals surface area contributed by atoms with Crippen LogP contribution in [-0.4, -0.2) is 19.3 Å². The van der Waals surface area contributed by atoms with E-state index in [-0.39, 0.29) is 27.5 Å². The molecule has 0 bridgehead atoms. The SMILES string of the molecule is CCOC(=O)Nc1cc(Cl)cc(Br)c1OC(F)F. The van der Waals surface area contributed by atoms with Gasteiger partial charge in [-0.15, -0.1) is 0 Å². The molecule has 1 aromatic carbocycles. The van der Waals surface area contributed by atoms with Crippen LogP contribution in [0.3, 0.4) is 0 Å². The predicted molar refractivity (Wildman–Crippen MR) is 66.4 cm³/mol. The molecule has 0 unspecified atom stereocenters. The second-order valence-electron chi connectivity index (χ2n) is 2.99. The average Bonchev–Trinajstić information content (AvgIpc) is 2.23. The zero-order chi connectivity index (χ0) is 13.7. The summed E-state index contributed by atoms with van der Waals surface area (Å²) in [7, 11) is 0. The third-order valence-electron chi connectivity index (χ3n) is 1.73. The van der Waals surface area contributed by atoms with Gasteiger partial charge >= 0.3 is 12.7 Å². The maximum atomic E-state index is 12.2. The Morgan fingerprint density at radius 1 is 1.56 bits per heavy atom. The Kier molecular flexibility index (Phi) is 5.61. The van der Waals surface area contributed by atoms with Crippen molar-refractivity contribution in [2.24, 2.45) is 0 Å². The van der Waals surface area contributed by atoms with Gasteiger partial charge in [0.25, 0.3) is 0 Å². The zero-order valence-corrected chi connectivity index (χ0v) is 11.5. The summed E-state index contributed by atoms with van der Waals surface area (Å²) in [6.45, 7) is -1.26. The minimum absolute atomic E-state index is 0.00637. The lowest BCUT2D eigenvalue weighted by molar-refractivity contribution is -0.0498. The first-order valence-corrected chi connectivity index (χ1v) is 5.98.